The van der Waals surface area contributed by atoms with Crippen LogP contribution in [0.4, 0.5) is 0 Å². The lowest BCUT2D eigenvalue weighted by Crippen LogP contribution is -1.98. The summed E-state index contributed by atoms with van der Waals surface area (Å²) < 4.78 is 0. The number of aryl methyl sites for hydroxylation is 1. The zero-order valence-electron chi connectivity index (χ0n) is 13.3. The molecule has 24 heavy (non-hydrogen) atoms. The Hall–Kier alpha value is -3.06. The van der Waals surface area contributed by atoms with Gasteiger partial charge in [-0.1, -0.05) is 30.0 Å². The minimum atomic E-state index is 0.396. The molecule has 0 amide bonds. The summed E-state index contributed by atoms with van der Waals surface area (Å²) in [4.78, 5) is 8.10. The first-order valence-electron chi connectivity index (χ1n) is 7.97. The van der Waals surface area contributed by atoms with Crippen LogP contribution < -0.4 is 0 Å². The largest absolute Gasteiger partial charge is 0.244 e. The lowest BCUT2D eigenvalue weighted by Gasteiger charge is -2.05. The predicted octanol–water partition coefficient (Wildman–Crippen LogP) is 3.40. The summed E-state index contributed by atoms with van der Waals surface area (Å²) in [6, 6.07) is 12.2. The van der Waals surface area contributed by atoms with E-state index in [1.807, 2.05) is 37.3 Å². The molecule has 0 saturated heterocycles. The summed E-state index contributed by atoms with van der Waals surface area (Å²) in [5.41, 5.74) is 4.98. The number of benzene rings is 1. The molecule has 0 aliphatic heterocycles. The Morgan fingerprint density at radius 1 is 1.04 bits per heavy atom. The maximum Gasteiger partial charge on any atom is 0.115 e. The van der Waals surface area contributed by atoms with Crippen LogP contribution >= 0.6 is 0 Å². The molecule has 4 heteroatoms. The van der Waals surface area contributed by atoms with Crippen LogP contribution in [0.3, 0.4) is 0 Å². The topological polar surface area (TPSA) is 51.6 Å². The quantitative estimate of drug-likeness (QED) is 0.681. The fourth-order valence-electron chi connectivity index (χ4n) is 2.81. The molecule has 1 fully saturated rings. The van der Waals surface area contributed by atoms with Crippen molar-refractivity contribution in [2.24, 2.45) is 5.92 Å². The Bertz CT molecular complexity index is 911. The van der Waals surface area contributed by atoms with Crippen molar-refractivity contribution < 1.29 is 0 Å². The maximum absolute atomic E-state index is 4.32. The molecule has 1 saturated carbocycles. The first-order chi connectivity index (χ1) is 11.8. The second kappa shape index (κ2) is 6.21. The van der Waals surface area contributed by atoms with Gasteiger partial charge in [0.25, 0.3) is 0 Å². The van der Waals surface area contributed by atoms with E-state index in [4.69, 9.17) is 0 Å². The Balaban J connectivity index is 1.57. The lowest BCUT2D eigenvalue weighted by molar-refractivity contribution is 0.915. The summed E-state index contributed by atoms with van der Waals surface area (Å²) in [5, 5.41) is 8.59. The van der Waals surface area contributed by atoms with Gasteiger partial charge in [-0.2, -0.15) is 10.2 Å². The highest BCUT2D eigenvalue weighted by Crippen LogP contribution is 2.48. The lowest BCUT2D eigenvalue weighted by atomic mass is 10.1. The molecule has 1 aliphatic carbocycles. The number of aromatic nitrogens is 4. The van der Waals surface area contributed by atoms with Crippen molar-refractivity contribution in [2.75, 3.05) is 0 Å². The van der Waals surface area contributed by atoms with E-state index < -0.39 is 0 Å². The molecule has 0 radical (unpaired) electrons. The van der Waals surface area contributed by atoms with Gasteiger partial charge in [0.15, 0.2) is 0 Å². The third-order valence-corrected chi connectivity index (χ3v) is 4.24. The molecule has 2 heterocycles. The average molecular weight is 312 g/mol. The van der Waals surface area contributed by atoms with Crippen molar-refractivity contribution in [3.8, 4) is 23.1 Å². The van der Waals surface area contributed by atoms with E-state index in [1.54, 1.807) is 12.4 Å². The third-order valence-electron chi connectivity index (χ3n) is 4.24. The highest BCUT2D eigenvalue weighted by atomic mass is 15.1. The van der Waals surface area contributed by atoms with Crippen molar-refractivity contribution in [3.63, 3.8) is 0 Å². The first-order valence-corrected chi connectivity index (χ1v) is 7.97. The van der Waals surface area contributed by atoms with Crippen molar-refractivity contribution in [2.45, 2.75) is 19.3 Å². The number of nitrogens with zero attached hydrogens (tertiary/aromatic N) is 4. The highest BCUT2D eigenvalue weighted by Gasteiger charge is 2.38. The Labute approximate surface area is 141 Å². The molecule has 0 bridgehead atoms. The molecular weight excluding hydrogens is 296 g/mol. The van der Waals surface area contributed by atoms with Crippen molar-refractivity contribution >= 4 is 0 Å². The van der Waals surface area contributed by atoms with Crippen LogP contribution in [-0.4, -0.2) is 20.2 Å². The van der Waals surface area contributed by atoms with E-state index in [1.165, 1.54) is 11.9 Å². The average Bonchev–Trinajstić information content (AvgIpc) is 3.41. The van der Waals surface area contributed by atoms with Crippen LogP contribution in [0.15, 0.2) is 55.1 Å². The molecule has 2 atom stereocenters. The molecule has 1 aromatic carbocycles. The first kappa shape index (κ1) is 14.5. The van der Waals surface area contributed by atoms with Gasteiger partial charge in [0, 0.05) is 35.4 Å². The van der Waals surface area contributed by atoms with Gasteiger partial charge >= 0.3 is 0 Å². The third kappa shape index (κ3) is 3.02. The zero-order chi connectivity index (χ0) is 16.4. The van der Waals surface area contributed by atoms with Crippen LogP contribution in [0.5, 0.6) is 0 Å². The SMILES string of the molecule is Cc1nnc(-c2cncnc2)cc1[C@H]1C[C@@H]1C#Cc1ccccc1. The Morgan fingerprint density at radius 3 is 2.62 bits per heavy atom. The predicted molar refractivity (Wildman–Crippen MR) is 92.0 cm³/mol. The zero-order valence-corrected chi connectivity index (χ0v) is 13.3. The van der Waals surface area contributed by atoms with E-state index in [9.17, 15) is 0 Å². The number of hydrogen-bond acceptors (Lipinski definition) is 4. The minimum Gasteiger partial charge on any atom is -0.244 e. The smallest absolute Gasteiger partial charge is 0.115 e. The van der Waals surface area contributed by atoms with Gasteiger partial charge in [-0.25, -0.2) is 9.97 Å². The van der Waals surface area contributed by atoms with Crippen LogP contribution in [-0.2, 0) is 0 Å². The Morgan fingerprint density at radius 2 is 1.83 bits per heavy atom. The summed E-state index contributed by atoms with van der Waals surface area (Å²) in [7, 11) is 0. The van der Waals surface area contributed by atoms with Gasteiger partial charge in [0.1, 0.15) is 6.33 Å². The maximum atomic E-state index is 4.32. The van der Waals surface area contributed by atoms with Crippen molar-refractivity contribution in [1.29, 1.82) is 0 Å². The second-order valence-corrected chi connectivity index (χ2v) is 5.98. The fraction of sp³-hybridized carbons (Fsp3) is 0.200. The van der Waals surface area contributed by atoms with Gasteiger partial charge in [-0.05, 0) is 37.1 Å². The molecular formula is C20H16N4. The second-order valence-electron chi connectivity index (χ2n) is 5.98. The van der Waals surface area contributed by atoms with E-state index in [0.717, 1.165) is 28.9 Å². The summed E-state index contributed by atoms with van der Waals surface area (Å²) in [6.07, 6.45) is 6.12. The van der Waals surface area contributed by atoms with Gasteiger partial charge in [0.05, 0.1) is 11.4 Å². The molecule has 4 nitrogen and oxygen atoms in total. The van der Waals surface area contributed by atoms with E-state index in [2.05, 4.69) is 38.1 Å². The van der Waals surface area contributed by atoms with E-state index in [0.29, 0.717) is 11.8 Å². The van der Waals surface area contributed by atoms with Crippen molar-refractivity contribution in [3.05, 3.63) is 71.9 Å². The number of hydrogen-bond donors (Lipinski definition) is 0. The highest BCUT2D eigenvalue weighted by molar-refractivity contribution is 5.58. The normalized spacial score (nSPS) is 18.5. The standard InChI is InChI=1S/C20H16N4/c1-14-18(10-20(24-23-14)17-11-21-13-22-12-17)19-9-16(19)8-7-15-5-3-2-4-6-15/h2-6,10-13,16,19H,9H2,1H3/t16-,19-/m0/s1. The summed E-state index contributed by atoms with van der Waals surface area (Å²) in [6.45, 7) is 2.01. The van der Waals surface area contributed by atoms with Crippen LogP contribution in [0, 0.1) is 24.7 Å². The molecule has 3 aromatic rings. The van der Waals surface area contributed by atoms with Gasteiger partial charge in [-0.15, -0.1) is 0 Å². The molecule has 0 N–H and O–H groups in total. The van der Waals surface area contributed by atoms with Gasteiger partial charge in [0.2, 0.25) is 0 Å². The molecule has 0 spiro atoms. The van der Waals surface area contributed by atoms with E-state index in [-0.39, 0.29) is 0 Å². The fourth-order valence-corrected chi connectivity index (χ4v) is 2.81. The summed E-state index contributed by atoms with van der Waals surface area (Å²) >= 11 is 0. The molecule has 0 unspecified atom stereocenters. The number of rotatable bonds is 2. The monoisotopic (exact) mass is 312 g/mol. The van der Waals surface area contributed by atoms with Gasteiger partial charge < -0.3 is 0 Å². The molecule has 4 rings (SSSR count). The molecule has 1 aliphatic rings. The van der Waals surface area contributed by atoms with Gasteiger partial charge in [-0.3, -0.25) is 0 Å². The van der Waals surface area contributed by atoms with Crippen LogP contribution in [0.1, 0.15) is 29.2 Å². The van der Waals surface area contributed by atoms with Crippen LogP contribution in [0.2, 0.25) is 0 Å². The molecule has 2 aromatic heterocycles. The minimum absolute atomic E-state index is 0.396. The Kier molecular flexibility index (Phi) is 3.76. The van der Waals surface area contributed by atoms with Crippen LogP contribution in [0.25, 0.3) is 11.3 Å². The molecule has 116 valence electrons. The van der Waals surface area contributed by atoms with Crippen molar-refractivity contribution in [1.82, 2.24) is 20.2 Å². The van der Waals surface area contributed by atoms with E-state index >= 15 is 0 Å². The summed E-state index contributed by atoms with van der Waals surface area (Å²) in [5.74, 6) is 7.49.